The molecule has 0 spiro atoms. The van der Waals surface area contributed by atoms with Crippen molar-refractivity contribution in [3.05, 3.63) is 54.1 Å². The Labute approximate surface area is 171 Å². The summed E-state index contributed by atoms with van der Waals surface area (Å²) < 4.78 is 10.4. The molecule has 1 atom stereocenters. The van der Waals surface area contributed by atoms with E-state index in [0.29, 0.717) is 18.2 Å². The van der Waals surface area contributed by atoms with E-state index in [1.807, 2.05) is 43.6 Å². The van der Waals surface area contributed by atoms with Gasteiger partial charge in [0.15, 0.2) is 0 Å². The number of nitrogens with one attached hydrogen (secondary N) is 1. The first kappa shape index (κ1) is 20.8. The standard InChI is InChI=1S/C22H28N4O3/c1-4-16(2)29-22(27)25-11-17-6-5-7-19(10-17)20-12-23-21(24-13-20)26-9-8-18(14-26)15-28-3/h4-7,10,12-13,18H,8-9,11,14-15H2,1-3H3,(H,25,27)/b16-4+. The number of aromatic nitrogens is 2. The van der Waals surface area contributed by atoms with Crippen molar-refractivity contribution in [3.8, 4) is 11.1 Å². The van der Waals surface area contributed by atoms with Crippen LogP contribution in [0, 0.1) is 5.92 Å². The van der Waals surface area contributed by atoms with Crippen molar-refractivity contribution in [3.63, 3.8) is 0 Å². The molecule has 1 aromatic carbocycles. The molecule has 3 rings (SSSR count). The molecule has 0 aliphatic carbocycles. The van der Waals surface area contributed by atoms with Crippen molar-refractivity contribution in [1.82, 2.24) is 15.3 Å². The number of benzene rings is 1. The van der Waals surface area contributed by atoms with E-state index in [2.05, 4.69) is 20.2 Å². The van der Waals surface area contributed by atoms with E-state index < -0.39 is 6.09 Å². The second kappa shape index (κ2) is 10.0. The predicted molar refractivity (Wildman–Crippen MR) is 112 cm³/mol. The van der Waals surface area contributed by atoms with Crippen molar-refractivity contribution >= 4 is 12.0 Å². The van der Waals surface area contributed by atoms with Crippen LogP contribution in [0.1, 0.15) is 25.8 Å². The molecule has 1 saturated heterocycles. The van der Waals surface area contributed by atoms with Gasteiger partial charge < -0.3 is 19.7 Å². The summed E-state index contributed by atoms with van der Waals surface area (Å²) in [5.41, 5.74) is 2.92. The van der Waals surface area contributed by atoms with Crippen LogP contribution >= 0.6 is 0 Å². The zero-order chi connectivity index (χ0) is 20.6. The lowest BCUT2D eigenvalue weighted by atomic mass is 10.1. The van der Waals surface area contributed by atoms with Crippen LogP contribution in [-0.2, 0) is 16.0 Å². The normalized spacial score (nSPS) is 16.7. The fraction of sp³-hybridized carbons (Fsp3) is 0.409. The summed E-state index contributed by atoms with van der Waals surface area (Å²) in [6, 6.07) is 7.95. The highest BCUT2D eigenvalue weighted by molar-refractivity contribution is 5.68. The molecule has 7 heteroatoms. The van der Waals surface area contributed by atoms with Gasteiger partial charge in [0.25, 0.3) is 0 Å². The Balaban J connectivity index is 1.61. The van der Waals surface area contributed by atoms with E-state index in [9.17, 15) is 4.79 Å². The summed E-state index contributed by atoms with van der Waals surface area (Å²) in [7, 11) is 1.74. The third kappa shape index (κ3) is 5.77. The quantitative estimate of drug-likeness (QED) is 0.718. The Kier molecular flexibility index (Phi) is 7.19. The predicted octanol–water partition coefficient (Wildman–Crippen LogP) is 3.77. The van der Waals surface area contributed by atoms with Crippen LogP contribution in [-0.4, -0.2) is 42.9 Å². The van der Waals surface area contributed by atoms with Gasteiger partial charge in [-0.3, -0.25) is 0 Å². The van der Waals surface area contributed by atoms with E-state index >= 15 is 0 Å². The lowest BCUT2D eigenvalue weighted by Crippen LogP contribution is -2.23. The molecule has 1 unspecified atom stereocenters. The Morgan fingerprint density at radius 1 is 1.31 bits per heavy atom. The van der Waals surface area contributed by atoms with E-state index in [1.165, 1.54) is 0 Å². The first-order chi connectivity index (χ1) is 14.1. The average molecular weight is 396 g/mol. The van der Waals surface area contributed by atoms with Crippen LogP contribution < -0.4 is 10.2 Å². The van der Waals surface area contributed by atoms with Crippen LogP contribution in [0.25, 0.3) is 11.1 Å². The van der Waals surface area contributed by atoms with Crippen molar-refractivity contribution in [2.24, 2.45) is 5.92 Å². The number of amides is 1. The summed E-state index contributed by atoms with van der Waals surface area (Å²) in [6.07, 6.45) is 6.08. The molecule has 154 valence electrons. The molecule has 2 aromatic rings. The minimum absolute atomic E-state index is 0.386. The second-order valence-corrected chi connectivity index (χ2v) is 7.17. The molecular weight excluding hydrogens is 368 g/mol. The molecule has 7 nitrogen and oxygen atoms in total. The molecule has 1 aromatic heterocycles. The van der Waals surface area contributed by atoms with Gasteiger partial charge in [0.1, 0.15) is 5.76 Å². The van der Waals surface area contributed by atoms with Gasteiger partial charge >= 0.3 is 6.09 Å². The van der Waals surface area contributed by atoms with Gasteiger partial charge in [-0.15, -0.1) is 0 Å². The lowest BCUT2D eigenvalue weighted by molar-refractivity contribution is 0.161. The van der Waals surface area contributed by atoms with Crippen molar-refractivity contribution in [1.29, 1.82) is 0 Å². The third-order valence-corrected chi connectivity index (χ3v) is 4.97. The highest BCUT2D eigenvalue weighted by atomic mass is 16.6. The van der Waals surface area contributed by atoms with Gasteiger partial charge in [-0.25, -0.2) is 14.8 Å². The molecule has 0 saturated carbocycles. The maximum absolute atomic E-state index is 11.8. The minimum Gasteiger partial charge on any atom is -0.416 e. The number of ether oxygens (including phenoxy) is 2. The molecule has 0 bridgehead atoms. The summed E-state index contributed by atoms with van der Waals surface area (Å²) >= 11 is 0. The number of anilines is 1. The maximum Gasteiger partial charge on any atom is 0.412 e. The SMILES string of the molecule is C/C=C(\C)OC(=O)NCc1cccc(-c2cnc(N3CCC(COC)C3)nc2)c1. The smallest absolute Gasteiger partial charge is 0.412 e. The van der Waals surface area contributed by atoms with Gasteiger partial charge in [-0.1, -0.05) is 18.2 Å². The van der Waals surface area contributed by atoms with Crippen LogP contribution in [0.3, 0.4) is 0 Å². The highest BCUT2D eigenvalue weighted by Gasteiger charge is 2.24. The molecule has 1 aliphatic rings. The van der Waals surface area contributed by atoms with E-state index in [-0.39, 0.29) is 0 Å². The number of rotatable bonds is 7. The first-order valence-corrected chi connectivity index (χ1v) is 9.83. The highest BCUT2D eigenvalue weighted by Crippen LogP contribution is 2.23. The zero-order valence-electron chi connectivity index (χ0n) is 17.2. The number of alkyl carbamates (subject to hydrolysis) is 1. The molecular formula is C22H28N4O3. The average Bonchev–Trinajstić information content (AvgIpc) is 3.21. The summed E-state index contributed by atoms with van der Waals surface area (Å²) in [6.45, 7) is 6.60. The lowest BCUT2D eigenvalue weighted by Gasteiger charge is -2.16. The Bertz CT molecular complexity index is 851. The van der Waals surface area contributed by atoms with E-state index in [4.69, 9.17) is 9.47 Å². The Hall–Kier alpha value is -2.93. The maximum atomic E-state index is 11.8. The number of allylic oxidation sites excluding steroid dienone is 2. The van der Waals surface area contributed by atoms with Gasteiger partial charge in [0.05, 0.1) is 6.61 Å². The van der Waals surface area contributed by atoms with E-state index in [0.717, 1.165) is 48.8 Å². The van der Waals surface area contributed by atoms with Crippen LogP contribution in [0.5, 0.6) is 0 Å². The largest absolute Gasteiger partial charge is 0.416 e. The van der Waals surface area contributed by atoms with Gasteiger partial charge in [-0.2, -0.15) is 0 Å². The Morgan fingerprint density at radius 2 is 2.10 bits per heavy atom. The summed E-state index contributed by atoms with van der Waals surface area (Å²) in [5, 5.41) is 2.75. The molecule has 1 fully saturated rings. The number of hydrogen-bond donors (Lipinski definition) is 1. The van der Waals surface area contributed by atoms with Crippen LogP contribution in [0.4, 0.5) is 10.7 Å². The second-order valence-electron chi connectivity index (χ2n) is 7.17. The number of methoxy groups -OCH3 is 1. The van der Waals surface area contributed by atoms with Crippen molar-refractivity contribution < 1.29 is 14.3 Å². The number of carbonyl (C=O) groups excluding carboxylic acids is 1. The topological polar surface area (TPSA) is 76.6 Å². The zero-order valence-corrected chi connectivity index (χ0v) is 17.2. The van der Waals surface area contributed by atoms with Gasteiger partial charge in [0, 0.05) is 50.6 Å². The number of nitrogens with zero attached hydrogens (tertiary/aromatic N) is 3. The van der Waals surface area contributed by atoms with Crippen molar-refractivity contribution in [2.45, 2.75) is 26.8 Å². The molecule has 1 aliphatic heterocycles. The fourth-order valence-corrected chi connectivity index (χ4v) is 3.30. The minimum atomic E-state index is -0.462. The van der Waals surface area contributed by atoms with Crippen LogP contribution in [0.15, 0.2) is 48.5 Å². The van der Waals surface area contributed by atoms with Gasteiger partial charge in [0.2, 0.25) is 5.95 Å². The van der Waals surface area contributed by atoms with E-state index in [1.54, 1.807) is 20.1 Å². The molecule has 0 radical (unpaired) electrons. The van der Waals surface area contributed by atoms with Crippen LogP contribution in [0.2, 0.25) is 0 Å². The summed E-state index contributed by atoms with van der Waals surface area (Å²) in [5.74, 6) is 1.86. The molecule has 1 N–H and O–H groups in total. The first-order valence-electron chi connectivity index (χ1n) is 9.83. The number of hydrogen-bond acceptors (Lipinski definition) is 6. The summed E-state index contributed by atoms with van der Waals surface area (Å²) in [4.78, 5) is 23.1. The Morgan fingerprint density at radius 3 is 2.83 bits per heavy atom. The molecule has 1 amide bonds. The molecule has 29 heavy (non-hydrogen) atoms. The van der Waals surface area contributed by atoms with Gasteiger partial charge in [-0.05, 0) is 43.5 Å². The number of carbonyl (C=O) groups is 1. The monoisotopic (exact) mass is 396 g/mol. The molecule has 2 heterocycles. The third-order valence-electron chi connectivity index (χ3n) is 4.97. The fourth-order valence-electron chi connectivity index (χ4n) is 3.30. The van der Waals surface area contributed by atoms with Crippen molar-refractivity contribution in [2.75, 3.05) is 31.7 Å².